The molecule has 102 valence electrons. The van der Waals surface area contributed by atoms with E-state index in [1.54, 1.807) is 18.2 Å². The van der Waals surface area contributed by atoms with Crippen LogP contribution in [0.1, 0.15) is 20.7 Å². The Labute approximate surface area is 131 Å². The van der Waals surface area contributed by atoms with Crippen molar-refractivity contribution in [2.75, 3.05) is 5.32 Å². The Morgan fingerprint density at radius 2 is 1.95 bits per heavy atom. The Kier molecular flexibility index (Phi) is 4.51. The highest BCUT2D eigenvalue weighted by Gasteiger charge is 2.16. The largest absolute Gasteiger partial charge is 0.478 e. The molecule has 0 fully saturated rings. The lowest BCUT2D eigenvalue weighted by Crippen LogP contribution is -2.15. The van der Waals surface area contributed by atoms with Gasteiger partial charge >= 0.3 is 5.97 Å². The van der Waals surface area contributed by atoms with Crippen LogP contribution in [0.25, 0.3) is 0 Å². The zero-order chi connectivity index (χ0) is 14.7. The van der Waals surface area contributed by atoms with E-state index < -0.39 is 11.9 Å². The van der Waals surface area contributed by atoms with Gasteiger partial charge in [-0.1, -0.05) is 6.07 Å². The van der Waals surface area contributed by atoms with Gasteiger partial charge < -0.3 is 10.4 Å². The number of carbonyl (C=O) groups is 2. The van der Waals surface area contributed by atoms with Crippen molar-refractivity contribution in [2.45, 2.75) is 0 Å². The number of carboxylic acids is 1. The van der Waals surface area contributed by atoms with Gasteiger partial charge in [0.1, 0.15) is 4.60 Å². The van der Waals surface area contributed by atoms with E-state index in [4.69, 9.17) is 5.11 Å². The Morgan fingerprint density at radius 1 is 1.20 bits per heavy atom. The molecule has 0 aliphatic heterocycles. The third kappa shape index (κ3) is 3.23. The molecule has 7 heteroatoms. The first kappa shape index (κ1) is 14.7. The number of carbonyl (C=O) groups excluding carboxylic acids is 1. The molecule has 0 saturated heterocycles. The van der Waals surface area contributed by atoms with Crippen molar-refractivity contribution in [1.29, 1.82) is 0 Å². The summed E-state index contributed by atoms with van der Waals surface area (Å²) in [5.74, 6) is -1.53. The maximum Gasteiger partial charge on any atom is 0.337 e. The molecule has 1 heterocycles. The van der Waals surface area contributed by atoms with Crippen LogP contribution in [0, 0.1) is 0 Å². The molecule has 2 aromatic rings. The quantitative estimate of drug-likeness (QED) is 0.773. The maximum absolute atomic E-state index is 12.1. The van der Waals surface area contributed by atoms with Crippen molar-refractivity contribution < 1.29 is 14.7 Å². The molecule has 0 aliphatic rings. The summed E-state index contributed by atoms with van der Waals surface area (Å²) in [5.41, 5.74) is 0.609. The van der Waals surface area contributed by atoms with Gasteiger partial charge in [0.2, 0.25) is 0 Å². The summed E-state index contributed by atoms with van der Waals surface area (Å²) < 4.78 is 1.02. The van der Waals surface area contributed by atoms with E-state index in [-0.39, 0.29) is 11.3 Å². The number of para-hydroxylation sites is 1. The fraction of sp³-hybridized carbons (Fsp3) is 0. The highest BCUT2D eigenvalue weighted by molar-refractivity contribution is 9.10. The van der Waals surface area contributed by atoms with Crippen molar-refractivity contribution in [3.05, 3.63) is 56.7 Å². The maximum atomic E-state index is 12.1. The number of aromatic carboxylic acids is 1. The van der Waals surface area contributed by atoms with Gasteiger partial charge in [-0.3, -0.25) is 4.79 Å². The average Bonchev–Trinajstić information content (AvgIpc) is 2.40. The molecule has 0 saturated carbocycles. The predicted octanol–water partition coefficient (Wildman–Crippen LogP) is 3.56. The van der Waals surface area contributed by atoms with Crippen molar-refractivity contribution in [3.63, 3.8) is 0 Å². The first-order valence-electron chi connectivity index (χ1n) is 5.44. The second-order valence-corrected chi connectivity index (χ2v) is 5.46. The molecule has 1 aromatic carbocycles. The lowest BCUT2D eigenvalue weighted by molar-refractivity contribution is 0.0698. The molecular weight excluding hydrogens is 392 g/mol. The van der Waals surface area contributed by atoms with Crippen LogP contribution < -0.4 is 5.32 Å². The van der Waals surface area contributed by atoms with Crippen LogP contribution in [0.4, 0.5) is 5.69 Å². The molecule has 20 heavy (non-hydrogen) atoms. The van der Waals surface area contributed by atoms with E-state index in [2.05, 4.69) is 42.2 Å². The molecule has 5 nitrogen and oxygen atoms in total. The van der Waals surface area contributed by atoms with Crippen molar-refractivity contribution >= 4 is 49.4 Å². The van der Waals surface area contributed by atoms with Crippen LogP contribution in [0.15, 0.2) is 45.6 Å². The van der Waals surface area contributed by atoms with Gasteiger partial charge in [-0.2, -0.15) is 0 Å². The average molecular weight is 400 g/mol. The fourth-order valence-electron chi connectivity index (χ4n) is 1.56. The Bertz CT molecular complexity index is 689. The van der Waals surface area contributed by atoms with Crippen molar-refractivity contribution in [1.82, 2.24) is 4.98 Å². The fourth-order valence-corrected chi connectivity index (χ4v) is 2.39. The summed E-state index contributed by atoms with van der Waals surface area (Å²) in [7, 11) is 0. The number of halogens is 2. The first-order valence-corrected chi connectivity index (χ1v) is 7.02. The molecule has 1 amide bonds. The van der Waals surface area contributed by atoms with Crippen LogP contribution >= 0.6 is 31.9 Å². The minimum Gasteiger partial charge on any atom is -0.478 e. The number of rotatable bonds is 3. The number of benzene rings is 1. The van der Waals surface area contributed by atoms with E-state index in [0.29, 0.717) is 14.6 Å². The molecule has 0 atom stereocenters. The lowest BCUT2D eigenvalue weighted by Gasteiger charge is -2.10. The summed E-state index contributed by atoms with van der Waals surface area (Å²) in [6.45, 7) is 0. The second-order valence-electron chi connectivity index (χ2n) is 3.79. The summed E-state index contributed by atoms with van der Waals surface area (Å²) in [6.07, 6.45) is 1.48. The lowest BCUT2D eigenvalue weighted by atomic mass is 10.1. The second kappa shape index (κ2) is 6.15. The minimum atomic E-state index is -1.11. The van der Waals surface area contributed by atoms with E-state index in [0.717, 1.165) is 0 Å². The molecule has 0 unspecified atom stereocenters. The van der Waals surface area contributed by atoms with Gasteiger partial charge in [-0.25, -0.2) is 9.78 Å². The topological polar surface area (TPSA) is 79.3 Å². The van der Waals surface area contributed by atoms with Crippen molar-refractivity contribution in [2.24, 2.45) is 0 Å². The third-order valence-corrected chi connectivity index (χ3v) is 3.57. The molecule has 0 spiro atoms. The minimum absolute atomic E-state index is 0.0147. The van der Waals surface area contributed by atoms with Gasteiger partial charge in [0.05, 0.1) is 11.3 Å². The van der Waals surface area contributed by atoms with Gasteiger partial charge in [0, 0.05) is 16.2 Å². The third-order valence-electron chi connectivity index (χ3n) is 2.47. The van der Waals surface area contributed by atoms with Crippen LogP contribution in [-0.2, 0) is 0 Å². The number of hydrogen-bond acceptors (Lipinski definition) is 3. The molecule has 2 N–H and O–H groups in total. The summed E-state index contributed by atoms with van der Waals surface area (Å²) in [6, 6.07) is 7.76. The Morgan fingerprint density at radius 3 is 2.60 bits per heavy atom. The monoisotopic (exact) mass is 398 g/mol. The van der Waals surface area contributed by atoms with Crippen LogP contribution in [0.2, 0.25) is 0 Å². The highest BCUT2D eigenvalue weighted by atomic mass is 79.9. The van der Waals surface area contributed by atoms with Crippen LogP contribution in [0.3, 0.4) is 0 Å². The molecule has 2 rings (SSSR count). The molecule has 0 bridgehead atoms. The normalized spacial score (nSPS) is 10.1. The number of amides is 1. The number of nitrogens with one attached hydrogen (secondary N) is 1. The predicted molar refractivity (Wildman–Crippen MR) is 81.0 cm³/mol. The molecule has 0 radical (unpaired) electrons. The molecule has 0 aliphatic carbocycles. The first-order chi connectivity index (χ1) is 9.49. The zero-order valence-corrected chi connectivity index (χ0v) is 13.1. The van der Waals surface area contributed by atoms with Gasteiger partial charge in [-0.15, -0.1) is 0 Å². The summed E-state index contributed by atoms with van der Waals surface area (Å²) in [5, 5.41) is 11.7. The number of pyridine rings is 1. The number of hydrogen-bond donors (Lipinski definition) is 2. The smallest absolute Gasteiger partial charge is 0.337 e. The van der Waals surface area contributed by atoms with Crippen LogP contribution in [-0.4, -0.2) is 22.0 Å². The number of carboxylic acid groups (broad SMARTS) is 1. The van der Waals surface area contributed by atoms with Gasteiger partial charge in [-0.05, 0) is 56.1 Å². The van der Waals surface area contributed by atoms with E-state index in [9.17, 15) is 9.59 Å². The zero-order valence-electron chi connectivity index (χ0n) is 9.93. The molecule has 1 aromatic heterocycles. The number of anilines is 1. The van der Waals surface area contributed by atoms with E-state index in [1.807, 2.05) is 0 Å². The summed E-state index contributed by atoms with van der Waals surface area (Å²) >= 11 is 6.40. The summed E-state index contributed by atoms with van der Waals surface area (Å²) in [4.78, 5) is 27.2. The Hall–Kier alpha value is -1.73. The Balaban J connectivity index is 2.35. The number of nitrogens with zero attached hydrogens (tertiary/aromatic N) is 1. The van der Waals surface area contributed by atoms with E-state index in [1.165, 1.54) is 18.3 Å². The van der Waals surface area contributed by atoms with Crippen molar-refractivity contribution in [3.8, 4) is 0 Å². The van der Waals surface area contributed by atoms with Gasteiger partial charge in [0.15, 0.2) is 0 Å². The van der Waals surface area contributed by atoms with Crippen LogP contribution in [0.5, 0.6) is 0 Å². The van der Waals surface area contributed by atoms with E-state index >= 15 is 0 Å². The molecular formula is C13H8Br2N2O3. The van der Waals surface area contributed by atoms with Gasteiger partial charge in [0.25, 0.3) is 5.91 Å². The number of aromatic nitrogens is 1. The highest BCUT2D eigenvalue weighted by Crippen LogP contribution is 2.27. The standard InChI is InChI=1S/C13H8Br2N2O3/c14-9-3-1-2-8(13(19)20)11(9)17-12(18)7-4-5-16-10(15)6-7/h1-6H,(H,17,18)(H,19,20). The SMILES string of the molecule is O=C(Nc1c(Br)cccc1C(=O)O)c1ccnc(Br)c1.